The van der Waals surface area contributed by atoms with Crippen LogP contribution in [0.25, 0.3) is 10.1 Å². The first-order valence-corrected chi connectivity index (χ1v) is 10.2. The molecule has 146 valence electrons. The van der Waals surface area contributed by atoms with Gasteiger partial charge in [-0.1, -0.05) is 45.7 Å². The molecule has 1 heterocycles. The van der Waals surface area contributed by atoms with Gasteiger partial charge < -0.3 is 9.47 Å². The summed E-state index contributed by atoms with van der Waals surface area (Å²) >= 11 is 10.9. The Bertz CT molecular complexity index is 1020. The third-order valence-corrected chi connectivity index (χ3v) is 5.93. The number of hydrogen-bond donors (Lipinski definition) is 2. The summed E-state index contributed by atoms with van der Waals surface area (Å²) < 4.78 is 12.1. The Morgan fingerprint density at radius 2 is 1.86 bits per heavy atom. The lowest BCUT2D eigenvalue weighted by Crippen LogP contribution is -2.41. The second-order valence-corrected chi connectivity index (χ2v) is 7.98. The molecule has 3 aromatic rings. The van der Waals surface area contributed by atoms with Crippen LogP contribution in [0.4, 0.5) is 0 Å². The average Bonchev–Trinajstić information content (AvgIpc) is 3.04. The lowest BCUT2D eigenvalue weighted by atomic mass is 10.2. The summed E-state index contributed by atoms with van der Waals surface area (Å²) in [6.45, 7) is 0.681. The highest BCUT2D eigenvalue weighted by atomic mass is 79.9. The molecule has 0 saturated carbocycles. The number of hydrazine groups is 1. The van der Waals surface area contributed by atoms with E-state index in [4.69, 9.17) is 21.1 Å². The molecule has 0 aliphatic heterocycles. The van der Waals surface area contributed by atoms with E-state index in [9.17, 15) is 9.59 Å². The minimum Gasteiger partial charge on any atom is -0.490 e. The molecule has 28 heavy (non-hydrogen) atoms. The minimum absolute atomic E-state index is 0.271. The van der Waals surface area contributed by atoms with Gasteiger partial charge in [0.25, 0.3) is 11.8 Å². The Morgan fingerprint density at radius 1 is 1.11 bits per heavy atom. The Balaban J connectivity index is 1.72. The summed E-state index contributed by atoms with van der Waals surface area (Å²) in [5.74, 6) is -0.623. The van der Waals surface area contributed by atoms with Gasteiger partial charge in [0.15, 0.2) is 0 Å². The van der Waals surface area contributed by atoms with E-state index >= 15 is 0 Å². The molecule has 0 aliphatic carbocycles. The number of nitrogens with one attached hydrogen (secondary N) is 2. The fourth-order valence-electron chi connectivity index (χ4n) is 2.44. The molecular weight excluding hydrogens is 468 g/mol. The van der Waals surface area contributed by atoms with E-state index in [1.165, 1.54) is 11.3 Å². The fraction of sp³-hybridized carbons (Fsp3) is 0.158. The summed E-state index contributed by atoms with van der Waals surface area (Å²) in [5, 5.41) is 1.16. The number of methoxy groups -OCH3 is 1. The van der Waals surface area contributed by atoms with Crippen LogP contribution >= 0.6 is 38.9 Å². The Kier molecular flexibility index (Phi) is 6.90. The van der Waals surface area contributed by atoms with Gasteiger partial charge in [-0.3, -0.25) is 20.4 Å². The van der Waals surface area contributed by atoms with Crippen LogP contribution in [-0.4, -0.2) is 32.1 Å². The Hall–Kier alpha value is -2.13. The number of rotatable bonds is 6. The van der Waals surface area contributed by atoms with E-state index < -0.39 is 11.8 Å². The molecule has 2 amide bonds. The van der Waals surface area contributed by atoms with Crippen LogP contribution in [0.3, 0.4) is 0 Å². The Labute approximate surface area is 178 Å². The Morgan fingerprint density at radius 3 is 2.61 bits per heavy atom. The molecule has 2 aromatic carbocycles. The van der Waals surface area contributed by atoms with Crippen LogP contribution < -0.4 is 15.6 Å². The first kappa shape index (κ1) is 20.6. The van der Waals surface area contributed by atoms with Crippen molar-refractivity contribution in [3.63, 3.8) is 0 Å². The molecule has 9 heteroatoms. The second-order valence-electron chi connectivity index (χ2n) is 5.63. The number of carbonyl (C=O) groups excluding carboxylic acids is 2. The average molecular weight is 484 g/mol. The third-order valence-electron chi connectivity index (χ3n) is 3.76. The first-order valence-electron chi connectivity index (χ1n) is 8.20. The van der Waals surface area contributed by atoms with Crippen LogP contribution in [0.1, 0.15) is 20.0 Å². The second kappa shape index (κ2) is 9.38. The van der Waals surface area contributed by atoms with E-state index in [0.717, 1.165) is 10.1 Å². The SMILES string of the molecule is COCCOc1ccc(Br)cc1C(=O)NNC(=O)c1sc2ccccc2c1Cl. The van der Waals surface area contributed by atoms with Crippen molar-refractivity contribution in [3.8, 4) is 5.75 Å². The molecule has 0 fully saturated rings. The van der Waals surface area contributed by atoms with Gasteiger partial charge >= 0.3 is 0 Å². The van der Waals surface area contributed by atoms with E-state index in [1.54, 1.807) is 25.3 Å². The number of halogens is 2. The highest BCUT2D eigenvalue weighted by Gasteiger charge is 2.19. The normalized spacial score (nSPS) is 10.7. The van der Waals surface area contributed by atoms with Gasteiger partial charge in [0, 0.05) is 21.7 Å². The molecule has 0 atom stereocenters. The third kappa shape index (κ3) is 4.64. The van der Waals surface area contributed by atoms with Crippen LogP contribution in [-0.2, 0) is 4.74 Å². The van der Waals surface area contributed by atoms with Gasteiger partial charge in [-0.2, -0.15) is 0 Å². The highest BCUT2D eigenvalue weighted by molar-refractivity contribution is 9.10. The summed E-state index contributed by atoms with van der Waals surface area (Å²) in [6.07, 6.45) is 0. The smallest absolute Gasteiger partial charge is 0.281 e. The zero-order valence-electron chi connectivity index (χ0n) is 14.8. The van der Waals surface area contributed by atoms with Crippen molar-refractivity contribution in [2.45, 2.75) is 0 Å². The predicted molar refractivity (Wildman–Crippen MR) is 113 cm³/mol. The zero-order valence-corrected chi connectivity index (χ0v) is 17.9. The standard InChI is InChI=1S/C19H16BrClN2O4S/c1-26-8-9-27-14-7-6-11(20)10-13(14)18(24)22-23-19(25)17-16(21)12-4-2-3-5-15(12)28-17/h2-7,10H,8-9H2,1H3,(H,22,24)(H,23,25). The topological polar surface area (TPSA) is 76.7 Å². The number of amides is 2. The van der Waals surface area contributed by atoms with Crippen molar-refractivity contribution in [3.05, 3.63) is 62.4 Å². The van der Waals surface area contributed by atoms with Crippen LogP contribution in [0, 0.1) is 0 Å². The number of thiophene rings is 1. The van der Waals surface area contributed by atoms with Crippen molar-refractivity contribution < 1.29 is 19.1 Å². The van der Waals surface area contributed by atoms with Gasteiger partial charge in [0.05, 0.1) is 17.2 Å². The maximum atomic E-state index is 12.6. The number of ether oxygens (including phenoxy) is 2. The van der Waals surface area contributed by atoms with Crippen LogP contribution in [0.15, 0.2) is 46.9 Å². The molecule has 0 unspecified atom stereocenters. The van der Waals surface area contributed by atoms with Gasteiger partial charge in [0.1, 0.15) is 17.2 Å². The number of fused-ring (bicyclic) bond motifs is 1. The highest BCUT2D eigenvalue weighted by Crippen LogP contribution is 2.34. The largest absolute Gasteiger partial charge is 0.490 e. The molecule has 0 radical (unpaired) electrons. The first-order chi connectivity index (χ1) is 13.5. The summed E-state index contributed by atoms with van der Waals surface area (Å²) in [6, 6.07) is 12.5. The maximum Gasteiger partial charge on any atom is 0.281 e. The molecule has 0 aliphatic rings. The molecule has 1 aromatic heterocycles. The van der Waals surface area contributed by atoms with Crippen molar-refractivity contribution in [2.75, 3.05) is 20.3 Å². The van der Waals surface area contributed by atoms with Crippen LogP contribution in [0.2, 0.25) is 5.02 Å². The van der Waals surface area contributed by atoms with E-state index in [1.807, 2.05) is 24.3 Å². The molecular formula is C19H16BrClN2O4S. The predicted octanol–water partition coefficient (Wildman–Crippen LogP) is 4.42. The minimum atomic E-state index is -0.515. The fourth-order valence-corrected chi connectivity index (χ4v) is 4.21. The van der Waals surface area contributed by atoms with Crippen molar-refractivity contribution in [2.24, 2.45) is 0 Å². The van der Waals surface area contributed by atoms with E-state index in [2.05, 4.69) is 26.8 Å². The lowest BCUT2D eigenvalue weighted by molar-refractivity contribution is 0.0845. The molecule has 2 N–H and O–H groups in total. The summed E-state index contributed by atoms with van der Waals surface area (Å²) in [7, 11) is 1.56. The van der Waals surface area contributed by atoms with Gasteiger partial charge in [-0.05, 0) is 24.3 Å². The molecule has 0 spiro atoms. The monoisotopic (exact) mass is 482 g/mol. The van der Waals surface area contributed by atoms with E-state index in [-0.39, 0.29) is 5.56 Å². The molecule has 0 saturated heterocycles. The van der Waals surface area contributed by atoms with Crippen molar-refractivity contribution in [1.82, 2.24) is 10.9 Å². The quantitative estimate of drug-likeness (QED) is 0.402. The number of hydrogen-bond acceptors (Lipinski definition) is 5. The molecule has 0 bridgehead atoms. The molecule has 3 rings (SSSR count). The summed E-state index contributed by atoms with van der Waals surface area (Å²) in [5.41, 5.74) is 5.08. The van der Waals surface area contributed by atoms with Gasteiger partial charge in [-0.15, -0.1) is 11.3 Å². The zero-order chi connectivity index (χ0) is 20.1. The van der Waals surface area contributed by atoms with E-state index in [0.29, 0.717) is 33.3 Å². The number of benzene rings is 2. The molecule has 6 nitrogen and oxygen atoms in total. The maximum absolute atomic E-state index is 12.6. The van der Waals surface area contributed by atoms with Crippen molar-refractivity contribution >= 4 is 60.8 Å². The lowest BCUT2D eigenvalue weighted by Gasteiger charge is -2.12. The van der Waals surface area contributed by atoms with Gasteiger partial charge in [0.2, 0.25) is 0 Å². The van der Waals surface area contributed by atoms with Crippen LogP contribution in [0.5, 0.6) is 5.75 Å². The van der Waals surface area contributed by atoms with Gasteiger partial charge in [-0.25, -0.2) is 0 Å². The van der Waals surface area contributed by atoms with Crippen molar-refractivity contribution in [1.29, 1.82) is 0 Å². The summed E-state index contributed by atoms with van der Waals surface area (Å²) in [4.78, 5) is 25.4. The number of carbonyl (C=O) groups is 2.